The predicted octanol–water partition coefficient (Wildman–Crippen LogP) is 5.57. The Balaban J connectivity index is 1.65. The lowest BCUT2D eigenvalue weighted by Crippen LogP contribution is -2.07. The number of hydrogen-bond acceptors (Lipinski definition) is 5. The fourth-order valence-corrected chi connectivity index (χ4v) is 3.37. The van der Waals surface area contributed by atoms with E-state index in [0.717, 1.165) is 16.8 Å². The van der Waals surface area contributed by atoms with Crippen LogP contribution in [0.4, 0.5) is 5.13 Å². The molecule has 2 aromatic carbocycles. The van der Waals surface area contributed by atoms with Crippen molar-refractivity contribution in [1.29, 1.82) is 0 Å². The smallest absolute Gasteiger partial charge is 0.250 e. The molecule has 0 aliphatic heterocycles. The van der Waals surface area contributed by atoms with E-state index in [4.69, 9.17) is 9.47 Å². The van der Waals surface area contributed by atoms with Crippen LogP contribution in [-0.4, -0.2) is 24.1 Å². The molecule has 5 nitrogen and oxygen atoms in total. The molecule has 6 heteroatoms. The molecule has 1 aromatic heterocycles. The third kappa shape index (κ3) is 5.68. The zero-order valence-electron chi connectivity index (χ0n) is 16.9. The highest BCUT2D eigenvalue weighted by atomic mass is 32.1. The van der Waals surface area contributed by atoms with Gasteiger partial charge in [0.25, 0.3) is 0 Å². The third-order valence-electron chi connectivity index (χ3n) is 4.06. The highest BCUT2D eigenvalue weighted by Crippen LogP contribution is 2.29. The molecule has 0 aliphatic rings. The average molecular weight is 409 g/mol. The van der Waals surface area contributed by atoms with E-state index in [1.165, 1.54) is 23.0 Å². The van der Waals surface area contributed by atoms with Gasteiger partial charge in [0, 0.05) is 17.0 Å². The summed E-state index contributed by atoms with van der Waals surface area (Å²) < 4.78 is 11.1. The van der Waals surface area contributed by atoms with Gasteiger partial charge in [0.1, 0.15) is 0 Å². The molecule has 29 heavy (non-hydrogen) atoms. The third-order valence-corrected chi connectivity index (χ3v) is 4.82. The molecule has 3 aromatic rings. The minimum absolute atomic E-state index is 0.0548. The average Bonchev–Trinajstić information content (AvgIpc) is 3.15. The lowest BCUT2D eigenvalue weighted by molar-refractivity contribution is -0.111. The molecule has 3 rings (SSSR count). The first-order valence-electron chi connectivity index (χ1n) is 9.31. The highest BCUT2D eigenvalue weighted by Gasteiger charge is 2.08. The number of ether oxygens (including phenoxy) is 2. The topological polar surface area (TPSA) is 60.5 Å². The number of methoxy groups -OCH3 is 1. The molecule has 0 radical (unpaired) electrons. The quantitative estimate of drug-likeness (QED) is 0.520. The van der Waals surface area contributed by atoms with Crippen LogP contribution in [0.5, 0.6) is 11.5 Å². The van der Waals surface area contributed by atoms with Crippen molar-refractivity contribution in [3.05, 3.63) is 65.0 Å². The zero-order valence-corrected chi connectivity index (χ0v) is 17.7. The summed E-state index contributed by atoms with van der Waals surface area (Å²) in [7, 11) is 1.59. The van der Waals surface area contributed by atoms with Gasteiger partial charge in [0.15, 0.2) is 16.6 Å². The van der Waals surface area contributed by atoms with Crippen molar-refractivity contribution >= 4 is 28.5 Å². The molecule has 1 amide bonds. The molecule has 0 saturated heterocycles. The van der Waals surface area contributed by atoms with Gasteiger partial charge in [-0.15, -0.1) is 11.3 Å². The van der Waals surface area contributed by atoms with E-state index in [9.17, 15) is 4.79 Å². The number of amides is 1. The molecular formula is C23H24N2O3S. The summed E-state index contributed by atoms with van der Waals surface area (Å²) in [5.74, 6) is 1.07. The molecule has 0 fully saturated rings. The Kier molecular flexibility index (Phi) is 6.67. The highest BCUT2D eigenvalue weighted by molar-refractivity contribution is 7.14. The first-order chi connectivity index (χ1) is 13.9. The second kappa shape index (κ2) is 9.39. The first-order valence-corrected chi connectivity index (χ1v) is 10.2. The van der Waals surface area contributed by atoms with Gasteiger partial charge in [-0.2, -0.15) is 0 Å². The van der Waals surface area contributed by atoms with Crippen molar-refractivity contribution in [2.75, 3.05) is 12.4 Å². The van der Waals surface area contributed by atoms with Gasteiger partial charge in [0.2, 0.25) is 5.91 Å². The normalized spacial score (nSPS) is 11.1. The number of benzene rings is 2. The van der Waals surface area contributed by atoms with Crippen LogP contribution in [0.15, 0.2) is 53.9 Å². The Bertz CT molecular complexity index is 1010. The van der Waals surface area contributed by atoms with Crippen LogP contribution in [0.2, 0.25) is 0 Å². The standard InChI is InChI=1S/C23H24N2O3S/c1-15(2)28-20-11-7-17(13-21(20)27-4)8-12-22(26)25-23-24-19(14-29-23)18-9-5-16(3)6-10-18/h5-15H,1-4H3,(H,24,25,26). The van der Waals surface area contributed by atoms with Crippen LogP contribution in [-0.2, 0) is 4.79 Å². The number of aromatic nitrogens is 1. The fraction of sp³-hybridized carbons (Fsp3) is 0.217. The monoisotopic (exact) mass is 408 g/mol. The van der Waals surface area contributed by atoms with Crippen molar-refractivity contribution in [3.8, 4) is 22.8 Å². The summed E-state index contributed by atoms with van der Waals surface area (Å²) in [6.45, 7) is 5.96. The molecular weight excluding hydrogens is 384 g/mol. The molecule has 150 valence electrons. The van der Waals surface area contributed by atoms with Gasteiger partial charge >= 0.3 is 0 Å². The summed E-state index contributed by atoms with van der Waals surface area (Å²) in [6, 6.07) is 13.7. The van der Waals surface area contributed by atoms with Crippen LogP contribution in [0.25, 0.3) is 17.3 Å². The number of thiazole rings is 1. The number of carbonyl (C=O) groups excluding carboxylic acids is 1. The maximum Gasteiger partial charge on any atom is 0.250 e. The van der Waals surface area contributed by atoms with Crippen LogP contribution in [0.3, 0.4) is 0 Å². The zero-order chi connectivity index (χ0) is 20.8. The Hall–Kier alpha value is -3.12. The van der Waals surface area contributed by atoms with Crippen molar-refractivity contribution in [1.82, 2.24) is 4.98 Å². The lowest BCUT2D eigenvalue weighted by Gasteiger charge is -2.13. The van der Waals surface area contributed by atoms with Crippen molar-refractivity contribution in [2.24, 2.45) is 0 Å². The van der Waals surface area contributed by atoms with E-state index < -0.39 is 0 Å². The molecule has 0 aliphatic carbocycles. The fourth-order valence-electron chi connectivity index (χ4n) is 2.65. The van der Waals surface area contributed by atoms with Crippen LogP contribution < -0.4 is 14.8 Å². The van der Waals surface area contributed by atoms with Gasteiger partial charge in [-0.05, 0) is 44.5 Å². The molecule has 0 unspecified atom stereocenters. The molecule has 0 spiro atoms. The van der Waals surface area contributed by atoms with Crippen molar-refractivity contribution in [3.63, 3.8) is 0 Å². The number of hydrogen-bond donors (Lipinski definition) is 1. The second-order valence-corrected chi connectivity index (χ2v) is 7.66. The minimum Gasteiger partial charge on any atom is -0.493 e. The summed E-state index contributed by atoms with van der Waals surface area (Å²) in [5.41, 5.74) is 3.91. The number of rotatable bonds is 7. The summed E-state index contributed by atoms with van der Waals surface area (Å²) >= 11 is 1.40. The van der Waals surface area contributed by atoms with Crippen LogP contribution in [0, 0.1) is 6.92 Å². The van der Waals surface area contributed by atoms with E-state index in [-0.39, 0.29) is 12.0 Å². The summed E-state index contributed by atoms with van der Waals surface area (Å²) in [5, 5.41) is 5.30. The minimum atomic E-state index is -0.240. The first kappa shape index (κ1) is 20.6. The largest absolute Gasteiger partial charge is 0.493 e. The SMILES string of the molecule is COc1cc(C=CC(=O)Nc2nc(-c3ccc(C)cc3)cs2)ccc1OC(C)C. The van der Waals surface area contributed by atoms with Gasteiger partial charge in [-0.3, -0.25) is 10.1 Å². The Morgan fingerprint density at radius 1 is 1.14 bits per heavy atom. The van der Waals surface area contributed by atoms with E-state index >= 15 is 0 Å². The Morgan fingerprint density at radius 2 is 1.90 bits per heavy atom. The van der Waals surface area contributed by atoms with Crippen molar-refractivity contribution in [2.45, 2.75) is 26.9 Å². The molecule has 1 N–H and O–H groups in total. The van der Waals surface area contributed by atoms with Crippen LogP contribution in [0.1, 0.15) is 25.0 Å². The van der Waals surface area contributed by atoms with E-state index in [1.54, 1.807) is 13.2 Å². The number of anilines is 1. The van der Waals surface area contributed by atoms with Crippen LogP contribution >= 0.6 is 11.3 Å². The molecule has 0 bridgehead atoms. The Labute approximate surface area is 175 Å². The van der Waals surface area contributed by atoms with Crippen molar-refractivity contribution < 1.29 is 14.3 Å². The molecule has 0 saturated carbocycles. The number of carbonyl (C=O) groups is 1. The Morgan fingerprint density at radius 3 is 2.59 bits per heavy atom. The molecule has 1 heterocycles. The van der Waals surface area contributed by atoms with E-state index in [2.05, 4.69) is 10.3 Å². The van der Waals surface area contributed by atoms with Gasteiger partial charge in [-0.1, -0.05) is 35.9 Å². The number of nitrogens with zero attached hydrogens (tertiary/aromatic N) is 1. The predicted molar refractivity (Wildman–Crippen MR) is 119 cm³/mol. The lowest BCUT2D eigenvalue weighted by atomic mass is 10.1. The van der Waals surface area contributed by atoms with Gasteiger partial charge in [-0.25, -0.2) is 4.98 Å². The van der Waals surface area contributed by atoms with Gasteiger partial charge in [0.05, 0.1) is 18.9 Å². The number of aryl methyl sites for hydroxylation is 1. The summed E-state index contributed by atoms with van der Waals surface area (Å²) in [4.78, 5) is 16.7. The molecule has 0 atom stereocenters. The van der Waals surface area contributed by atoms with E-state index in [1.807, 2.05) is 68.6 Å². The number of nitrogens with one attached hydrogen (secondary N) is 1. The second-order valence-electron chi connectivity index (χ2n) is 6.80. The van der Waals surface area contributed by atoms with E-state index in [0.29, 0.717) is 16.6 Å². The summed E-state index contributed by atoms with van der Waals surface area (Å²) in [6.07, 6.45) is 3.26. The van der Waals surface area contributed by atoms with Gasteiger partial charge < -0.3 is 9.47 Å². The maximum absolute atomic E-state index is 12.3. The maximum atomic E-state index is 12.3.